The molecular formula is C34H43N3O5S. The molecule has 0 saturated heterocycles. The van der Waals surface area contributed by atoms with E-state index in [-0.39, 0.29) is 29.1 Å². The van der Waals surface area contributed by atoms with E-state index >= 15 is 0 Å². The second kappa shape index (κ2) is 14.1. The molecule has 2 amide bonds. The van der Waals surface area contributed by atoms with Crippen molar-refractivity contribution in [1.82, 2.24) is 10.2 Å². The zero-order valence-electron chi connectivity index (χ0n) is 25.8. The van der Waals surface area contributed by atoms with E-state index in [0.717, 1.165) is 52.2 Å². The summed E-state index contributed by atoms with van der Waals surface area (Å²) in [5.41, 5.74) is 3.86. The highest BCUT2D eigenvalue weighted by atomic mass is 32.2. The molecule has 0 heterocycles. The van der Waals surface area contributed by atoms with Crippen molar-refractivity contribution in [2.75, 3.05) is 18.0 Å². The van der Waals surface area contributed by atoms with Gasteiger partial charge in [-0.05, 0) is 81.0 Å². The van der Waals surface area contributed by atoms with Gasteiger partial charge in [0.2, 0.25) is 11.8 Å². The molecule has 230 valence electrons. The van der Waals surface area contributed by atoms with Crippen molar-refractivity contribution in [3.05, 3.63) is 89.0 Å². The molecule has 1 aliphatic rings. The number of hydrogen-bond donors (Lipinski definition) is 1. The molecule has 1 fully saturated rings. The lowest BCUT2D eigenvalue weighted by Crippen LogP contribution is -2.53. The average Bonchev–Trinajstić information content (AvgIpc) is 3.49. The number of methoxy groups -OCH3 is 1. The van der Waals surface area contributed by atoms with Crippen molar-refractivity contribution < 1.29 is 22.7 Å². The molecule has 8 nitrogen and oxygen atoms in total. The maximum atomic E-state index is 14.4. The van der Waals surface area contributed by atoms with E-state index in [4.69, 9.17) is 4.74 Å². The Kier molecular flexibility index (Phi) is 10.5. The maximum Gasteiger partial charge on any atom is 0.264 e. The summed E-state index contributed by atoms with van der Waals surface area (Å²) in [6.07, 6.45) is 4.36. The van der Waals surface area contributed by atoms with Crippen LogP contribution in [-0.4, -0.2) is 50.9 Å². The number of aryl methyl sites for hydroxylation is 3. The number of amides is 2. The fraction of sp³-hybridized carbons (Fsp3) is 0.412. The van der Waals surface area contributed by atoms with Gasteiger partial charge in [-0.25, -0.2) is 8.42 Å². The number of anilines is 1. The molecule has 3 aromatic rings. The lowest BCUT2D eigenvalue weighted by Gasteiger charge is -2.34. The summed E-state index contributed by atoms with van der Waals surface area (Å²) in [5.74, 6) is -0.362. The summed E-state index contributed by atoms with van der Waals surface area (Å²) in [6, 6.07) is 18.8. The predicted octanol–water partition coefficient (Wildman–Crippen LogP) is 5.68. The highest BCUT2D eigenvalue weighted by molar-refractivity contribution is 7.92. The summed E-state index contributed by atoms with van der Waals surface area (Å²) in [6.45, 7) is 7.24. The van der Waals surface area contributed by atoms with Crippen LogP contribution >= 0.6 is 0 Å². The highest BCUT2D eigenvalue weighted by Gasteiger charge is 2.35. The first kappa shape index (κ1) is 32.1. The molecule has 0 unspecified atom stereocenters. The van der Waals surface area contributed by atoms with E-state index in [1.54, 1.807) is 36.4 Å². The third-order valence-electron chi connectivity index (χ3n) is 8.18. The van der Waals surface area contributed by atoms with Gasteiger partial charge in [-0.3, -0.25) is 13.9 Å². The van der Waals surface area contributed by atoms with Gasteiger partial charge in [0.05, 0.1) is 17.7 Å². The monoisotopic (exact) mass is 605 g/mol. The summed E-state index contributed by atoms with van der Waals surface area (Å²) in [4.78, 5) is 29.6. The van der Waals surface area contributed by atoms with Gasteiger partial charge < -0.3 is 15.0 Å². The number of rotatable bonds is 12. The molecule has 1 aliphatic carbocycles. The summed E-state index contributed by atoms with van der Waals surface area (Å²) >= 11 is 0. The summed E-state index contributed by atoms with van der Waals surface area (Å²) in [7, 11) is -2.73. The number of hydrogen-bond acceptors (Lipinski definition) is 5. The highest BCUT2D eigenvalue weighted by Crippen LogP contribution is 2.34. The van der Waals surface area contributed by atoms with Crippen molar-refractivity contribution in [1.29, 1.82) is 0 Å². The van der Waals surface area contributed by atoms with E-state index in [1.165, 1.54) is 12.0 Å². The minimum atomic E-state index is -4.20. The maximum absolute atomic E-state index is 14.4. The zero-order chi connectivity index (χ0) is 31.1. The van der Waals surface area contributed by atoms with Gasteiger partial charge in [-0.2, -0.15) is 0 Å². The Balaban J connectivity index is 1.77. The van der Waals surface area contributed by atoms with Gasteiger partial charge in [0, 0.05) is 12.6 Å². The molecule has 0 radical (unpaired) electrons. The number of nitrogens with one attached hydrogen (secondary N) is 1. The van der Waals surface area contributed by atoms with E-state index < -0.39 is 28.5 Å². The first-order valence-corrected chi connectivity index (χ1v) is 16.4. The van der Waals surface area contributed by atoms with Crippen molar-refractivity contribution in [3.8, 4) is 5.75 Å². The molecule has 1 N–H and O–H groups in total. The van der Waals surface area contributed by atoms with Crippen molar-refractivity contribution in [2.24, 2.45) is 0 Å². The average molecular weight is 606 g/mol. The van der Waals surface area contributed by atoms with Gasteiger partial charge in [0.15, 0.2) is 0 Å². The Hall–Kier alpha value is -3.85. The van der Waals surface area contributed by atoms with Crippen LogP contribution in [0.2, 0.25) is 0 Å². The Morgan fingerprint density at radius 1 is 0.953 bits per heavy atom. The van der Waals surface area contributed by atoms with Gasteiger partial charge in [0.25, 0.3) is 10.0 Å². The van der Waals surface area contributed by atoms with E-state index in [0.29, 0.717) is 12.2 Å². The van der Waals surface area contributed by atoms with Crippen LogP contribution in [0, 0.1) is 20.8 Å². The number of carbonyl (C=O) groups is 2. The van der Waals surface area contributed by atoms with Crippen molar-refractivity contribution >= 4 is 27.5 Å². The van der Waals surface area contributed by atoms with Crippen molar-refractivity contribution in [3.63, 3.8) is 0 Å². The van der Waals surface area contributed by atoms with Crippen LogP contribution in [0.5, 0.6) is 5.75 Å². The Labute approximate surface area is 256 Å². The second-order valence-corrected chi connectivity index (χ2v) is 13.2. The van der Waals surface area contributed by atoms with E-state index in [1.807, 2.05) is 58.0 Å². The lowest BCUT2D eigenvalue weighted by atomic mass is 10.1. The fourth-order valence-electron chi connectivity index (χ4n) is 5.60. The standard InChI is InChI=1S/C34H43N3O5S/c1-6-30(34(39)35-28-13-9-10-14-28)36(22-27-12-8-7-11-26(27)4)33(38)23-37(31-21-25(3)17-20-32(31)42-5)43(40,41)29-18-15-24(2)16-19-29/h7-8,11-12,15-21,28,30H,6,9-10,13-14,22-23H2,1-5H3,(H,35,39)/t30-/m1/s1. The first-order valence-electron chi connectivity index (χ1n) is 14.9. The molecule has 1 saturated carbocycles. The van der Waals surface area contributed by atoms with Gasteiger partial charge in [0.1, 0.15) is 18.3 Å². The fourth-order valence-corrected chi connectivity index (χ4v) is 7.02. The molecular weight excluding hydrogens is 562 g/mol. The molecule has 9 heteroatoms. The Morgan fingerprint density at radius 2 is 1.60 bits per heavy atom. The van der Waals surface area contributed by atoms with Crippen LogP contribution in [-0.2, 0) is 26.2 Å². The number of carbonyl (C=O) groups excluding carboxylic acids is 2. The van der Waals surface area contributed by atoms with Crippen LogP contribution in [0.15, 0.2) is 71.6 Å². The molecule has 0 spiro atoms. The molecule has 3 aromatic carbocycles. The summed E-state index contributed by atoms with van der Waals surface area (Å²) < 4.78 is 35.1. The Morgan fingerprint density at radius 3 is 2.23 bits per heavy atom. The SMILES string of the molecule is CC[C@H](C(=O)NC1CCCC1)N(Cc1ccccc1C)C(=O)CN(c1cc(C)ccc1OC)S(=O)(=O)c1ccc(C)cc1. The molecule has 0 aromatic heterocycles. The molecule has 43 heavy (non-hydrogen) atoms. The topological polar surface area (TPSA) is 96.0 Å². The van der Waals surface area contributed by atoms with E-state index in [9.17, 15) is 18.0 Å². The van der Waals surface area contributed by atoms with Gasteiger partial charge in [-0.15, -0.1) is 0 Å². The smallest absolute Gasteiger partial charge is 0.264 e. The van der Waals surface area contributed by atoms with Crippen LogP contribution < -0.4 is 14.4 Å². The quantitative estimate of drug-likeness (QED) is 0.287. The minimum Gasteiger partial charge on any atom is -0.495 e. The minimum absolute atomic E-state index is 0.0610. The van der Waals surface area contributed by atoms with Crippen LogP contribution in [0.25, 0.3) is 0 Å². The van der Waals surface area contributed by atoms with Crippen molar-refractivity contribution in [2.45, 2.75) is 83.3 Å². The van der Waals surface area contributed by atoms with Gasteiger partial charge in [-0.1, -0.05) is 67.8 Å². The number of nitrogens with zero attached hydrogens (tertiary/aromatic N) is 2. The van der Waals surface area contributed by atoms with Crippen LogP contribution in [0.4, 0.5) is 5.69 Å². The lowest BCUT2D eigenvalue weighted by molar-refractivity contribution is -0.140. The first-order chi connectivity index (χ1) is 20.5. The third-order valence-corrected chi connectivity index (χ3v) is 9.95. The molecule has 0 bridgehead atoms. The Bertz CT molecular complexity index is 1530. The third kappa shape index (κ3) is 7.57. The number of ether oxygens (including phenoxy) is 1. The second-order valence-electron chi connectivity index (χ2n) is 11.4. The van der Waals surface area contributed by atoms with Crippen LogP contribution in [0.3, 0.4) is 0 Å². The zero-order valence-corrected chi connectivity index (χ0v) is 26.6. The predicted molar refractivity (Wildman–Crippen MR) is 170 cm³/mol. The van der Waals surface area contributed by atoms with Crippen LogP contribution in [0.1, 0.15) is 61.3 Å². The number of benzene rings is 3. The summed E-state index contributed by atoms with van der Waals surface area (Å²) in [5, 5.41) is 3.15. The van der Waals surface area contributed by atoms with Gasteiger partial charge >= 0.3 is 0 Å². The normalized spacial score (nSPS) is 14.3. The largest absolute Gasteiger partial charge is 0.495 e. The number of sulfonamides is 1. The molecule has 0 aliphatic heterocycles. The molecule has 1 atom stereocenters. The molecule has 4 rings (SSSR count). The van der Waals surface area contributed by atoms with E-state index in [2.05, 4.69) is 5.32 Å².